The molecule has 1 aliphatic carbocycles. The van der Waals surface area contributed by atoms with Crippen molar-refractivity contribution in [2.75, 3.05) is 7.11 Å². The summed E-state index contributed by atoms with van der Waals surface area (Å²) in [4.78, 5) is 0. The molecule has 0 radical (unpaired) electrons. The zero-order valence-corrected chi connectivity index (χ0v) is 17.7. The topological polar surface area (TPSA) is 61.2 Å². The molecular formula is C23H25ClN4O2. The summed E-state index contributed by atoms with van der Waals surface area (Å²) in [6, 6.07) is 13.9. The van der Waals surface area contributed by atoms with Crippen LogP contribution in [0.25, 0.3) is 5.69 Å². The van der Waals surface area contributed by atoms with E-state index in [1.807, 2.05) is 36.4 Å². The van der Waals surface area contributed by atoms with Crippen molar-refractivity contribution in [3.63, 3.8) is 0 Å². The molecule has 0 spiro atoms. The van der Waals surface area contributed by atoms with Gasteiger partial charge in [0, 0.05) is 23.6 Å². The van der Waals surface area contributed by atoms with Gasteiger partial charge in [-0.25, -0.2) is 0 Å². The average molecular weight is 425 g/mol. The highest BCUT2D eigenvalue weighted by Crippen LogP contribution is 2.36. The van der Waals surface area contributed by atoms with Crippen molar-refractivity contribution in [3.8, 4) is 17.2 Å². The van der Waals surface area contributed by atoms with Crippen molar-refractivity contribution in [2.24, 2.45) is 0 Å². The zero-order valence-electron chi connectivity index (χ0n) is 17.0. The first-order chi connectivity index (χ1) is 14.7. The van der Waals surface area contributed by atoms with E-state index < -0.39 is 0 Å². The summed E-state index contributed by atoms with van der Waals surface area (Å²) >= 11 is 6.23. The van der Waals surface area contributed by atoms with Gasteiger partial charge in [-0.3, -0.25) is 4.57 Å². The molecule has 3 aromatic rings. The minimum absolute atomic E-state index is 0.215. The summed E-state index contributed by atoms with van der Waals surface area (Å²) in [6.45, 7) is 1.48. The minimum Gasteiger partial charge on any atom is -0.497 e. The lowest BCUT2D eigenvalue weighted by Crippen LogP contribution is -2.25. The molecule has 1 aromatic heterocycles. The number of halogens is 1. The van der Waals surface area contributed by atoms with Crippen molar-refractivity contribution < 1.29 is 9.47 Å². The van der Waals surface area contributed by atoms with Crippen LogP contribution in [0.2, 0.25) is 5.02 Å². The van der Waals surface area contributed by atoms with Gasteiger partial charge in [-0.2, -0.15) is 0 Å². The normalized spacial score (nSPS) is 20.7. The second kappa shape index (κ2) is 8.28. The Kier molecular flexibility index (Phi) is 5.35. The highest BCUT2D eigenvalue weighted by atomic mass is 35.5. The van der Waals surface area contributed by atoms with E-state index in [0.29, 0.717) is 12.5 Å². The van der Waals surface area contributed by atoms with E-state index in [9.17, 15) is 0 Å². The maximum absolute atomic E-state index is 6.23. The Morgan fingerprint density at radius 1 is 1.00 bits per heavy atom. The van der Waals surface area contributed by atoms with Gasteiger partial charge in [0.2, 0.25) is 0 Å². The third-order valence-electron chi connectivity index (χ3n) is 6.02. The summed E-state index contributed by atoms with van der Waals surface area (Å²) < 4.78 is 13.8. The number of fused-ring (bicyclic) bond motifs is 3. The number of benzene rings is 2. The maximum atomic E-state index is 6.23. The molecule has 1 N–H and O–H groups in total. The van der Waals surface area contributed by atoms with Gasteiger partial charge in [0.05, 0.1) is 25.4 Å². The third-order valence-corrected chi connectivity index (χ3v) is 6.25. The Hall–Kier alpha value is -2.57. The predicted octanol–water partition coefficient (Wildman–Crippen LogP) is 4.64. The number of methoxy groups -OCH3 is 1. The Balaban J connectivity index is 1.33. The van der Waals surface area contributed by atoms with Crippen LogP contribution >= 0.6 is 11.6 Å². The van der Waals surface area contributed by atoms with Crippen LogP contribution in [0, 0.1) is 0 Å². The standard InChI is InChI=1S/C23H25ClN4O2/c1-29-19-3-2-4-20(12-19)30-18-8-5-15(6-9-18)23-27-26-22-14-25-13-16-11-17(24)7-10-21(16)28(22)23/h2-4,7,10-12,15,18,25H,5-6,8-9,13-14H2,1H3/t15-,18-. The van der Waals surface area contributed by atoms with Crippen LogP contribution < -0.4 is 14.8 Å². The number of aromatic nitrogens is 3. The predicted molar refractivity (Wildman–Crippen MR) is 116 cm³/mol. The lowest BCUT2D eigenvalue weighted by molar-refractivity contribution is 0.144. The van der Waals surface area contributed by atoms with Gasteiger partial charge in [-0.15, -0.1) is 10.2 Å². The number of ether oxygens (including phenoxy) is 2. The van der Waals surface area contributed by atoms with Crippen LogP contribution in [0.1, 0.15) is 48.8 Å². The van der Waals surface area contributed by atoms with Gasteiger partial charge >= 0.3 is 0 Å². The van der Waals surface area contributed by atoms with Crippen molar-refractivity contribution >= 4 is 11.6 Å². The Bertz CT molecular complexity index is 1040. The lowest BCUT2D eigenvalue weighted by Gasteiger charge is -2.29. The monoisotopic (exact) mass is 424 g/mol. The number of rotatable bonds is 4. The highest BCUT2D eigenvalue weighted by Gasteiger charge is 2.30. The van der Waals surface area contributed by atoms with Gasteiger partial charge in [0.25, 0.3) is 0 Å². The Labute approximate surface area is 181 Å². The minimum atomic E-state index is 0.215. The molecule has 30 heavy (non-hydrogen) atoms. The smallest absolute Gasteiger partial charge is 0.151 e. The number of nitrogens with zero attached hydrogens (tertiary/aromatic N) is 3. The van der Waals surface area contributed by atoms with Crippen LogP contribution in [0.15, 0.2) is 42.5 Å². The molecule has 0 atom stereocenters. The Morgan fingerprint density at radius 2 is 1.83 bits per heavy atom. The molecule has 1 aliphatic heterocycles. The van der Waals surface area contributed by atoms with Crippen LogP contribution in [-0.2, 0) is 13.1 Å². The zero-order chi connectivity index (χ0) is 20.5. The van der Waals surface area contributed by atoms with Crippen molar-refractivity contribution in [1.82, 2.24) is 20.1 Å². The molecule has 0 unspecified atom stereocenters. The fraction of sp³-hybridized carbons (Fsp3) is 0.391. The fourth-order valence-electron chi connectivity index (χ4n) is 4.50. The molecule has 7 heteroatoms. The van der Waals surface area contributed by atoms with Gasteiger partial charge in [0.15, 0.2) is 5.82 Å². The van der Waals surface area contributed by atoms with Crippen LogP contribution in [0.3, 0.4) is 0 Å². The summed E-state index contributed by atoms with van der Waals surface area (Å²) in [6.07, 6.45) is 4.27. The van der Waals surface area contributed by atoms with Gasteiger partial charge < -0.3 is 14.8 Å². The Morgan fingerprint density at radius 3 is 2.67 bits per heavy atom. The first-order valence-electron chi connectivity index (χ1n) is 10.5. The summed E-state index contributed by atoms with van der Waals surface area (Å²) in [5.74, 6) is 4.07. The van der Waals surface area contributed by atoms with Crippen molar-refractivity contribution in [3.05, 3.63) is 64.7 Å². The van der Waals surface area contributed by atoms with E-state index >= 15 is 0 Å². The number of hydrogen-bond acceptors (Lipinski definition) is 5. The molecule has 0 saturated heterocycles. The van der Waals surface area contributed by atoms with Crippen molar-refractivity contribution in [1.29, 1.82) is 0 Å². The van der Waals surface area contributed by atoms with Crippen molar-refractivity contribution in [2.45, 2.75) is 50.8 Å². The van der Waals surface area contributed by atoms with Gasteiger partial charge in [0.1, 0.15) is 17.3 Å². The van der Waals surface area contributed by atoms with Gasteiger partial charge in [-0.05, 0) is 61.6 Å². The van der Waals surface area contributed by atoms with E-state index in [2.05, 4.69) is 26.1 Å². The summed E-state index contributed by atoms with van der Waals surface area (Å²) in [5, 5.41) is 13.3. The molecule has 156 valence electrons. The molecule has 2 heterocycles. The second-order valence-corrected chi connectivity index (χ2v) is 8.39. The first kappa shape index (κ1) is 19.4. The molecule has 1 saturated carbocycles. The molecule has 6 nitrogen and oxygen atoms in total. The molecule has 2 aliphatic rings. The molecule has 0 amide bonds. The fourth-order valence-corrected chi connectivity index (χ4v) is 4.70. The highest BCUT2D eigenvalue weighted by molar-refractivity contribution is 6.30. The number of hydrogen-bond donors (Lipinski definition) is 1. The van der Waals surface area contributed by atoms with Crippen LogP contribution in [-0.4, -0.2) is 28.0 Å². The molecule has 5 rings (SSSR count). The van der Waals surface area contributed by atoms with Crippen LogP contribution in [0.4, 0.5) is 0 Å². The second-order valence-electron chi connectivity index (χ2n) is 7.96. The molecule has 2 aromatic carbocycles. The lowest BCUT2D eigenvalue weighted by atomic mass is 9.86. The first-order valence-corrected chi connectivity index (χ1v) is 10.8. The van der Waals surface area contributed by atoms with Crippen LogP contribution in [0.5, 0.6) is 11.5 Å². The third kappa shape index (κ3) is 3.77. The van der Waals surface area contributed by atoms with Gasteiger partial charge in [-0.1, -0.05) is 17.7 Å². The van der Waals surface area contributed by atoms with E-state index in [1.165, 1.54) is 5.56 Å². The summed E-state index contributed by atoms with van der Waals surface area (Å²) in [7, 11) is 1.67. The number of nitrogens with one attached hydrogen (secondary N) is 1. The molecular weight excluding hydrogens is 400 g/mol. The SMILES string of the molecule is COc1cccc(O[C@H]2CC[C@H](c3nnc4n3-c3ccc(Cl)cc3CNC4)CC2)c1. The van der Waals surface area contributed by atoms with E-state index in [0.717, 1.165) is 66.1 Å². The quantitative estimate of drug-likeness (QED) is 0.661. The summed E-state index contributed by atoms with van der Waals surface area (Å²) in [5.41, 5.74) is 2.31. The van der Waals surface area contributed by atoms with E-state index in [-0.39, 0.29) is 6.10 Å². The molecule has 0 bridgehead atoms. The largest absolute Gasteiger partial charge is 0.497 e. The molecule has 1 fully saturated rings. The van der Waals surface area contributed by atoms with E-state index in [4.69, 9.17) is 21.1 Å². The maximum Gasteiger partial charge on any atom is 0.151 e. The average Bonchev–Trinajstić information content (AvgIpc) is 3.10. The van der Waals surface area contributed by atoms with E-state index in [1.54, 1.807) is 7.11 Å².